The molecule has 4 heterocycles. The van der Waals surface area contributed by atoms with Crippen LogP contribution >= 0.6 is 11.3 Å². The van der Waals surface area contributed by atoms with E-state index in [0.29, 0.717) is 48.6 Å². The summed E-state index contributed by atoms with van der Waals surface area (Å²) in [4.78, 5) is 24.2. The summed E-state index contributed by atoms with van der Waals surface area (Å²) in [6.07, 6.45) is 2.32. The zero-order chi connectivity index (χ0) is 23.5. The minimum Gasteiger partial charge on any atom is -0.492 e. The number of aromatic amines is 1. The van der Waals surface area contributed by atoms with Gasteiger partial charge in [-0.1, -0.05) is 5.16 Å². The molecule has 11 heteroatoms. The Morgan fingerprint density at radius 2 is 1.97 bits per heavy atom. The second kappa shape index (κ2) is 9.56. The molecule has 0 fully saturated rings. The molecule has 0 unspecified atom stereocenters. The van der Waals surface area contributed by atoms with Crippen molar-refractivity contribution in [2.24, 2.45) is 0 Å². The molecule has 5 rings (SSSR count). The third-order valence-electron chi connectivity index (χ3n) is 5.27. The van der Waals surface area contributed by atoms with Crippen molar-refractivity contribution in [3.8, 4) is 38.5 Å². The molecule has 0 aliphatic carbocycles. The molecule has 4 aromatic rings. The smallest absolute Gasteiger partial charge is 0.439 e. The molecule has 1 aliphatic heterocycles. The number of nitrogens with zero attached hydrogens (tertiary/aromatic N) is 3. The van der Waals surface area contributed by atoms with Gasteiger partial charge in [0.15, 0.2) is 17.3 Å². The van der Waals surface area contributed by atoms with Crippen molar-refractivity contribution in [2.75, 3.05) is 31.7 Å². The van der Waals surface area contributed by atoms with E-state index < -0.39 is 5.76 Å². The van der Waals surface area contributed by atoms with Gasteiger partial charge in [0.05, 0.1) is 17.2 Å². The number of hydrogen-bond acceptors (Lipinski definition) is 10. The normalized spacial score (nSPS) is 12.5. The third-order valence-corrected chi connectivity index (χ3v) is 6.42. The molecule has 1 aromatic carbocycles. The Labute approximate surface area is 198 Å². The van der Waals surface area contributed by atoms with Crippen LogP contribution in [0.1, 0.15) is 18.1 Å². The number of ether oxygens (including phenoxy) is 3. The van der Waals surface area contributed by atoms with Crippen molar-refractivity contribution in [2.45, 2.75) is 20.3 Å². The molecule has 0 saturated heterocycles. The molecule has 34 heavy (non-hydrogen) atoms. The zero-order valence-electron chi connectivity index (χ0n) is 18.7. The van der Waals surface area contributed by atoms with Gasteiger partial charge in [-0.25, -0.2) is 14.8 Å². The fourth-order valence-electron chi connectivity index (χ4n) is 3.67. The highest BCUT2D eigenvalue weighted by Crippen LogP contribution is 2.41. The number of aromatic nitrogens is 4. The maximum atomic E-state index is 11.4. The second-order valence-electron chi connectivity index (χ2n) is 7.57. The van der Waals surface area contributed by atoms with E-state index in [4.69, 9.17) is 14.2 Å². The summed E-state index contributed by atoms with van der Waals surface area (Å²) in [6.45, 7) is 6.28. The van der Waals surface area contributed by atoms with Crippen molar-refractivity contribution in [3.05, 3.63) is 52.3 Å². The maximum Gasteiger partial charge on any atom is 0.439 e. The number of nitrogens with one attached hydrogen (secondary N) is 2. The van der Waals surface area contributed by atoms with E-state index in [-0.39, 0.29) is 0 Å². The average Bonchev–Trinajstić information content (AvgIpc) is 3.46. The van der Waals surface area contributed by atoms with Crippen molar-refractivity contribution in [1.82, 2.24) is 20.1 Å². The highest BCUT2D eigenvalue weighted by atomic mass is 32.1. The van der Waals surface area contributed by atoms with E-state index in [1.807, 2.05) is 31.2 Å². The number of benzene rings is 1. The lowest BCUT2D eigenvalue weighted by atomic mass is 10.0. The lowest BCUT2D eigenvalue weighted by Gasteiger charge is -2.20. The van der Waals surface area contributed by atoms with Gasteiger partial charge < -0.3 is 19.5 Å². The monoisotopic (exact) mass is 481 g/mol. The summed E-state index contributed by atoms with van der Waals surface area (Å²) in [5.74, 6) is 2.62. The van der Waals surface area contributed by atoms with Crippen LogP contribution in [-0.4, -0.2) is 46.5 Å². The Morgan fingerprint density at radius 3 is 2.74 bits per heavy atom. The topological polar surface area (TPSA) is 124 Å². The molecular formula is C23H23N5O5S. The highest BCUT2D eigenvalue weighted by molar-refractivity contribution is 7.19. The maximum absolute atomic E-state index is 11.4. The van der Waals surface area contributed by atoms with Crippen molar-refractivity contribution in [1.29, 1.82) is 0 Å². The fraction of sp³-hybridized carbons (Fsp3) is 0.304. The van der Waals surface area contributed by atoms with Crippen LogP contribution in [0.4, 0.5) is 5.82 Å². The van der Waals surface area contributed by atoms with Crippen LogP contribution in [-0.2, 0) is 6.42 Å². The van der Waals surface area contributed by atoms with Crippen LogP contribution in [0.3, 0.4) is 0 Å². The molecule has 0 radical (unpaired) electrons. The van der Waals surface area contributed by atoms with Crippen LogP contribution in [0.25, 0.3) is 21.3 Å². The number of hydrogen-bond donors (Lipinski definition) is 2. The first-order valence-corrected chi connectivity index (χ1v) is 11.7. The van der Waals surface area contributed by atoms with Gasteiger partial charge in [0.2, 0.25) is 0 Å². The molecule has 0 saturated carbocycles. The Hall–Kier alpha value is -3.86. The Kier molecular flexibility index (Phi) is 6.17. The quantitative estimate of drug-likeness (QED) is 0.388. The summed E-state index contributed by atoms with van der Waals surface area (Å²) >= 11 is 1.40. The van der Waals surface area contributed by atoms with Gasteiger partial charge in [-0.2, -0.15) is 0 Å². The Bertz CT molecular complexity index is 1360. The van der Waals surface area contributed by atoms with E-state index in [0.717, 1.165) is 34.1 Å². The number of fused-ring (bicyclic) bond motifs is 1. The van der Waals surface area contributed by atoms with Gasteiger partial charge in [0.25, 0.3) is 0 Å². The predicted octanol–water partition coefficient (Wildman–Crippen LogP) is 3.68. The van der Waals surface area contributed by atoms with Crippen molar-refractivity contribution < 1.29 is 18.7 Å². The molecule has 0 spiro atoms. The first kappa shape index (κ1) is 22.0. The van der Waals surface area contributed by atoms with Crippen LogP contribution in [0.5, 0.6) is 17.2 Å². The van der Waals surface area contributed by atoms with Gasteiger partial charge in [-0.05, 0) is 43.5 Å². The van der Waals surface area contributed by atoms with Crippen LogP contribution in [0.2, 0.25) is 0 Å². The van der Waals surface area contributed by atoms with Gasteiger partial charge in [-0.3, -0.25) is 9.51 Å². The highest BCUT2D eigenvalue weighted by Gasteiger charge is 2.18. The third kappa shape index (κ3) is 4.60. The summed E-state index contributed by atoms with van der Waals surface area (Å²) in [5.41, 5.74) is 3.09. The minimum atomic E-state index is -0.617. The molecule has 3 aromatic heterocycles. The van der Waals surface area contributed by atoms with E-state index >= 15 is 0 Å². The predicted molar refractivity (Wildman–Crippen MR) is 127 cm³/mol. The number of thiophene rings is 1. The van der Waals surface area contributed by atoms with Gasteiger partial charge in [0, 0.05) is 18.7 Å². The van der Waals surface area contributed by atoms with Crippen LogP contribution < -0.4 is 25.3 Å². The lowest BCUT2D eigenvalue weighted by molar-refractivity contribution is 0.171. The van der Waals surface area contributed by atoms with E-state index in [9.17, 15) is 4.79 Å². The van der Waals surface area contributed by atoms with Crippen molar-refractivity contribution in [3.63, 3.8) is 0 Å². The Balaban J connectivity index is 1.31. The largest absolute Gasteiger partial charge is 0.492 e. The molecule has 0 amide bonds. The molecular weight excluding hydrogens is 458 g/mol. The minimum absolute atomic E-state index is 0.326. The average molecular weight is 482 g/mol. The lowest BCUT2D eigenvalue weighted by Crippen LogP contribution is -2.16. The molecule has 0 bridgehead atoms. The number of rotatable bonds is 8. The molecule has 1 aliphatic rings. The van der Waals surface area contributed by atoms with Crippen molar-refractivity contribution >= 4 is 17.2 Å². The number of aryl methyl sites for hydroxylation is 1. The molecule has 176 valence electrons. The molecule has 2 N–H and O–H groups in total. The van der Waals surface area contributed by atoms with Crippen LogP contribution in [0.15, 0.2) is 39.9 Å². The second-order valence-corrected chi connectivity index (χ2v) is 8.62. The first-order valence-electron chi connectivity index (χ1n) is 10.9. The standard InChI is InChI=1S/C23H23N5O5S/c1-3-30-18-11-19(34-21(18)22-27-23(29)33-28-22)15-10-20(26-12-25-15)24-5-4-14-9-17-16(8-13(14)2)31-6-7-32-17/h8-12H,3-7H2,1-2H3,(H,24,25,26)(H,27,28,29). The number of anilines is 1. The van der Waals surface area contributed by atoms with E-state index in [1.165, 1.54) is 23.2 Å². The molecule has 10 nitrogen and oxygen atoms in total. The number of H-pyrrole nitrogens is 1. The SMILES string of the molecule is CCOc1cc(-c2cc(NCCc3cc4c(cc3C)OCCO4)ncn2)sc1-c1noc(=O)[nH]1. The zero-order valence-corrected chi connectivity index (χ0v) is 19.5. The summed E-state index contributed by atoms with van der Waals surface area (Å²) < 4.78 is 21.7. The van der Waals surface area contributed by atoms with Gasteiger partial charge in [0.1, 0.15) is 36.0 Å². The summed E-state index contributed by atoms with van der Waals surface area (Å²) in [7, 11) is 0. The van der Waals surface area contributed by atoms with E-state index in [1.54, 1.807) is 0 Å². The van der Waals surface area contributed by atoms with E-state index in [2.05, 4.69) is 36.9 Å². The summed E-state index contributed by atoms with van der Waals surface area (Å²) in [5, 5.41) is 7.15. The molecule has 0 atom stereocenters. The Morgan fingerprint density at radius 1 is 1.15 bits per heavy atom. The first-order chi connectivity index (χ1) is 16.6. The van der Waals surface area contributed by atoms with Gasteiger partial charge >= 0.3 is 5.76 Å². The van der Waals surface area contributed by atoms with Crippen LogP contribution in [0, 0.1) is 6.92 Å². The van der Waals surface area contributed by atoms with Gasteiger partial charge in [-0.15, -0.1) is 11.3 Å². The summed E-state index contributed by atoms with van der Waals surface area (Å²) in [6, 6.07) is 7.83. The fourth-order valence-corrected chi connectivity index (χ4v) is 4.68.